The molecule has 1 aromatic rings. The Balaban J connectivity index is 2.87. The van der Waals surface area contributed by atoms with E-state index in [-0.39, 0.29) is 23.9 Å². The molecule has 0 aliphatic heterocycles. The molecule has 0 radical (unpaired) electrons. The first-order chi connectivity index (χ1) is 10.6. The Morgan fingerprint density at radius 2 is 1.82 bits per heavy atom. The van der Waals surface area contributed by atoms with Gasteiger partial charge in [0.15, 0.2) is 0 Å². The molecular formula is C18H30N2O2. The molecule has 0 saturated carbocycles. The second-order valence-electron chi connectivity index (χ2n) is 5.72. The summed E-state index contributed by atoms with van der Waals surface area (Å²) in [6.45, 7) is 7.32. The highest BCUT2D eigenvalue weighted by molar-refractivity contribution is 5.79. The monoisotopic (exact) mass is 306 g/mol. The van der Waals surface area contributed by atoms with E-state index in [4.69, 9.17) is 10.5 Å². The number of carbonyl (C=O) groups is 1. The SMILES string of the molecule is CCC(CC)N(CCOC)C(=O)C(C)C(N)c1ccccc1. The summed E-state index contributed by atoms with van der Waals surface area (Å²) < 4.78 is 5.16. The minimum Gasteiger partial charge on any atom is -0.383 e. The Bertz CT molecular complexity index is 432. The van der Waals surface area contributed by atoms with Gasteiger partial charge >= 0.3 is 0 Å². The normalized spacial score (nSPS) is 13.9. The summed E-state index contributed by atoms with van der Waals surface area (Å²) in [7, 11) is 1.66. The zero-order valence-electron chi connectivity index (χ0n) is 14.3. The number of benzene rings is 1. The smallest absolute Gasteiger partial charge is 0.227 e. The number of hydrogen-bond acceptors (Lipinski definition) is 3. The average molecular weight is 306 g/mol. The van der Waals surface area contributed by atoms with Crippen molar-refractivity contribution in [2.45, 2.75) is 45.7 Å². The van der Waals surface area contributed by atoms with E-state index in [0.717, 1.165) is 18.4 Å². The number of hydrogen-bond donors (Lipinski definition) is 1. The third-order valence-corrected chi connectivity index (χ3v) is 4.32. The number of amides is 1. The van der Waals surface area contributed by atoms with Gasteiger partial charge in [-0.2, -0.15) is 0 Å². The van der Waals surface area contributed by atoms with Crippen LogP contribution >= 0.6 is 0 Å². The predicted octanol–water partition coefficient (Wildman–Crippen LogP) is 2.99. The topological polar surface area (TPSA) is 55.6 Å². The van der Waals surface area contributed by atoms with Gasteiger partial charge in [0, 0.05) is 25.7 Å². The van der Waals surface area contributed by atoms with Crippen LogP contribution in [0.3, 0.4) is 0 Å². The predicted molar refractivity (Wildman–Crippen MR) is 90.5 cm³/mol. The second-order valence-corrected chi connectivity index (χ2v) is 5.72. The summed E-state index contributed by atoms with van der Waals surface area (Å²) in [6.07, 6.45) is 1.89. The first-order valence-electron chi connectivity index (χ1n) is 8.16. The molecule has 1 rings (SSSR count). The van der Waals surface area contributed by atoms with E-state index in [9.17, 15) is 4.79 Å². The molecule has 0 spiro atoms. The van der Waals surface area contributed by atoms with Gasteiger partial charge in [0.2, 0.25) is 5.91 Å². The van der Waals surface area contributed by atoms with Crippen LogP contribution < -0.4 is 5.73 Å². The summed E-state index contributed by atoms with van der Waals surface area (Å²) in [5, 5.41) is 0. The van der Waals surface area contributed by atoms with Gasteiger partial charge in [-0.25, -0.2) is 0 Å². The van der Waals surface area contributed by atoms with Crippen molar-refractivity contribution in [1.29, 1.82) is 0 Å². The quantitative estimate of drug-likeness (QED) is 0.763. The van der Waals surface area contributed by atoms with Crippen LogP contribution in [0.15, 0.2) is 30.3 Å². The summed E-state index contributed by atoms with van der Waals surface area (Å²) in [5.41, 5.74) is 7.31. The average Bonchev–Trinajstić information content (AvgIpc) is 2.57. The molecule has 0 aliphatic carbocycles. The first-order valence-corrected chi connectivity index (χ1v) is 8.16. The lowest BCUT2D eigenvalue weighted by atomic mass is 9.93. The highest BCUT2D eigenvalue weighted by atomic mass is 16.5. The van der Waals surface area contributed by atoms with Crippen LogP contribution in [0.1, 0.15) is 45.2 Å². The molecule has 2 atom stereocenters. The molecule has 4 heteroatoms. The maximum absolute atomic E-state index is 12.9. The fourth-order valence-electron chi connectivity index (χ4n) is 2.77. The van der Waals surface area contributed by atoms with Gasteiger partial charge in [-0.3, -0.25) is 4.79 Å². The van der Waals surface area contributed by atoms with Crippen molar-refractivity contribution in [1.82, 2.24) is 4.90 Å². The highest BCUT2D eigenvalue weighted by Gasteiger charge is 2.29. The standard InChI is InChI=1S/C18H30N2O2/c1-5-16(6-2)20(12-13-22-4)18(21)14(3)17(19)15-10-8-7-9-11-15/h7-11,14,16-17H,5-6,12-13,19H2,1-4H3. The van der Waals surface area contributed by atoms with Crippen LogP contribution in [-0.2, 0) is 9.53 Å². The zero-order chi connectivity index (χ0) is 16.5. The van der Waals surface area contributed by atoms with E-state index in [1.807, 2.05) is 42.2 Å². The van der Waals surface area contributed by atoms with E-state index in [1.165, 1.54) is 0 Å². The van der Waals surface area contributed by atoms with Crippen LogP contribution in [-0.4, -0.2) is 37.1 Å². The molecule has 0 aliphatic rings. The van der Waals surface area contributed by atoms with E-state index >= 15 is 0 Å². The fourth-order valence-corrected chi connectivity index (χ4v) is 2.77. The maximum Gasteiger partial charge on any atom is 0.227 e. The summed E-state index contributed by atoms with van der Waals surface area (Å²) >= 11 is 0. The lowest BCUT2D eigenvalue weighted by molar-refractivity contribution is -0.139. The van der Waals surface area contributed by atoms with Crippen molar-refractivity contribution in [2.75, 3.05) is 20.3 Å². The molecule has 0 saturated heterocycles. The van der Waals surface area contributed by atoms with Crippen LogP contribution in [0.2, 0.25) is 0 Å². The third-order valence-electron chi connectivity index (χ3n) is 4.32. The van der Waals surface area contributed by atoms with Gasteiger partial charge in [-0.05, 0) is 18.4 Å². The minimum absolute atomic E-state index is 0.113. The van der Waals surface area contributed by atoms with Crippen LogP contribution in [0.5, 0.6) is 0 Å². The van der Waals surface area contributed by atoms with E-state index in [1.54, 1.807) is 7.11 Å². The number of ether oxygens (including phenoxy) is 1. The molecule has 4 nitrogen and oxygen atoms in total. The molecule has 0 heterocycles. The van der Waals surface area contributed by atoms with Gasteiger partial charge in [0.1, 0.15) is 0 Å². The van der Waals surface area contributed by atoms with Gasteiger partial charge in [-0.15, -0.1) is 0 Å². The third kappa shape index (κ3) is 4.82. The highest BCUT2D eigenvalue weighted by Crippen LogP contribution is 2.23. The zero-order valence-corrected chi connectivity index (χ0v) is 14.3. The molecule has 124 valence electrons. The second kappa shape index (κ2) is 9.59. The van der Waals surface area contributed by atoms with Crippen molar-refractivity contribution in [2.24, 2.45) is 11.7 Å². The Morgan fingerprint density at radius 3 is 2.32 bits per heavy atom. The van der Waals surface area contributed by atoms with E-state index in [2.05, 4.69) is 13.8 Å². The lowest BCUT2D eigenvalue weighted by Crippen LogP contribution is -2.46. The number of carbonyl (C=O) groups excluding carboxylic acids is 1. The molecule has 0 aromatic heterocycles. The Morgan fingerprint density at radius 1 is 1.23 bits per heavy atom. The van der Waals surface area contributed by atoms with Gasteiger partial charge in [-0.1, -0.05) is 51.1 Å². The molecular weight excluding hydrogens is 276 g/mol. The molecule has 2 unspecified atom stereocenters. The maximum atomic E-state index is 12.9. The number of nitrogens with two attached hydrogens (primary N) is 1. The van der Waals surface area contributed by atoms with Gasteiger partial charge in [0.25, 0.3) is 0 Å². The number of rotatable bonds is 9. The number of methoxy groups -OCH3 is 1. The Labute approximate surface area is 134 Å². The molecule has 1 aromatic carbocycles. The Hall–Kier alpha value is -1.39. The van der Waals surface area contributed by atoms with Crippen LogP contribution in [0.4, 0.5) is 0 Å². The van der Waals surface area contributed by atoms with Crippen molar-refractivity contribution >= 4 is 5.91 Å². The molecule has 0 bridgehead atoms. The van der Waals surface area contributed by atoms with Crippen molar-refractivity contribution in [3.63, 3.8) is 0 Å². The van der Waals surface area contributed by atoms with Gasteiger partial charge < -0.3 is 15.4 Å². The van der Waals surface area contributed by atoms with Crippen LogP contribution in [0.25, 0.3) is 0 Å². The first kappa shape index (κ1) is 18.7. The van der Waals surface area contributed by atoms with Crippen molar-refractivity contribution in [3.05, 3.63) is 35.9 Å². The largest absolute Gasteiger partial charge is 0.383 e. The lowest BCUT2D eigenvalue weighted by Gasteiger charge is -2.34. The minimum atomic E-state index is -0.284. The molecule has 22 heavy (non-hydrogen) atoms. The van der Waals surface area contributed by atoms with Gasteiger partial charge in [0.05, 0.1) is 12.5 Å². The van der Waals surface area contributed by atoms with Crippen LogP contribution in [0, 0.1) is 5.92 Å². The van der Waals surface area contributed by atoms with Crippen molar-refractivity contribution < 1.29 is 9.53 Å². The molecule has 0 fully saturated rings. The summed E-state index contributed by atoms with van der Waals surface area (Å²) in [6, 6.07) is 9.78. The van der Waals surface area contributed by atoms with E-state index < -0.39 is 0 Å². The fraction of sp³-hybridized carbons (Fsp3) is 0.611. The Kier molecular flexibility index (Phi) is 8.13. The number of nitrogens with zero attached hydrogens (tertiary/aromatic N) is 1. The molecule has 2 N–H and O–H groups in total. The summed E-state index contributed by atoms with van der Waals surface area (Å²) in [5.74, 6) is -0.137. The van der Waals surface area contributed by atoms with E-state index in [0.29, 0.717) is 13.2 Å². The summed E-state index contributed by atoms with van der Waals surface area (Å²) in [4.78, 5) is 14.9. The van der Waals surface area contributed by atoms with Crippen molar-refractivity contribution in [3.8, 4) is 0 Å². The molecule has 1 amide bonds.